The molecule has 0 bridgehead atoms. The monoisotopic (exact) mass is 348 g/mol. The maximum Gasteiger partial charge on any atom is 0.190 e. The summed E-state index contributed by atoms with van der Waals surface area (Å²) in [5, 5.41) is 4.39. The maximum absolute atomic E-state index is 12.6. The standard InChI is InChI=1S/C22H24N2O.CH4/c1-15-8-10-16(11-9-15)20-14-21(25)19-7-4-5-17(22(19)24-20)13-18-6-2-3-12-23-18;/h4-5,7-11,14,18,23H,2-3,6,12-13H2,1H3,(H,24,25);1H4. The van der Waals surface area contributed by atoms with Crippen molar-refractivity contribution in [3.63, 3.8) is 0 Å². The van der Waals surface area contributed by atoms with Crippen LogP contribution in [-0.4, -0.2) is 17.6 Å². The third-order valence-corrected chi connectivity index (χ3v) is 5.19. The highest BCUT2D eigenvalue weighted by Crippen LogP contribution is 2.23. The van der Waals surface area contributed by atoms with E-state index in [1.807, 2.05) is 12.1 Å². The van der Waals surface area contributed by atoms with Gasteiger partial charge in [-0.3, -0.25) is 4.79 Å². The third-order valence-electron chi connectivity index (χ3n) is 5.19. The van der Waals surface area contributed by atoms with Gasteiger partial charge >= 0.3 is 0 Å². The first-order valence-corrected chi connectivity index (χ1v) is 9.16. The van der Waals surface area contributed by atoms with E-state index in [9.17, 15) is 4.79 Å². The second-order valence-electron chi connectivity index (χ2n) is 7.10. The molecule has 2 aromatic carbocycles. The molecule has 26 heavy (non-hydrogen) atoms. The van der Waals surface area contributed by atoms with Gasteiger partial charge in [-0.05, 0) is 49.9 Å². The Morgan fingerprint density at radius 1 is 1.08 bits per heavy atom. The number of rotatable bonds is 3. The summed E-state index contributed by atoms with van der Waals surface area (Å²) in [5.41, 5.74) is 5.45. The number of piperidine rings is 1. The van der Waals surface area contributed by atoms with Gasteiger partial charge in [0.15, 0.2) is 5.43 Å². The predicted molar refractivity (Wildman–Crippen MR) is 111 cm³/mol. The summed E-state index contributed by atoms with van der Waals surface area (Å²) in [4.78, 5) is 16.2. The number of aromatic nitrogens is 1. The van der Waals surface area contributed by atoms with Gasteiger partial charge in [-0.1, -0.05) is 55.8 Å². The highest BCUT2D eigenvalue weighted by molar-refractivity contribution is 5.84. The smallest absolute Gasteiger partial charge is 0.190 e. The Hall–Kier alpha value is -2.39. The molecule has 1 aliphatic heterocycles. The van der Waals surface area contributed by atoms with Gasteiger partial charge in [-0.2, -0.15) is 0 Å². The minimum atomic E-state index is 0. The summed E-state index contributed by atoms with van der Waals surface area (Å²) in [6, 6.07) is 16.6. The molecule has 1 aromatic heterocycles. The molecule has 1 saturated heterocycles. The number of H-pyrrole nitrogens is 1. The van der Waals surface area contributed by atoms with Crippen LogP contribution >= 0.6 is 0 Å². The number of aryl methyl sites for hydroxylation is 1. The summed E-state index contributed by atoms with van der Waals surface area (Å²) in [5.74, 6) is 0. The zero-order valence-electron chi connectivity index (χ0n) is 14.6. The minimum Gasteiger partial charge on any atom is -0.354 e. The normalized spacial score (nSPS) is 17.0. The molecule has 0 amide bonds. The largest absolute Gasteiger partial charge is 0.354 e. The van der Waals surface area contributed by atoms with Gasteiger partial charge in [0, 0.05) is 23.2 Å². The van der Waals surface area contributed by atoms with Gasteiger partial charge in [-0.25, -0.2) is 0 Å². The lowest BCUT2D eigenvalue weighted by atomic mass is 9.96. The molecule has 1 fully saturated rings. The van der Waals surface area contributed by atoms with E-state index in [-0.39, 0.29) is 12.9 Å². The number of hydrogen-bond acceptors (Lipinski definition) is 2. The van der Waals surface area contributed by atoms with E-state index >= 15 is 0 Å². The molecule has 4 rings (SSSR count). The van der Waals surface area contributed by atoms with Crippen molar-refractivity contribution in [2.75, 3.05) is 6.54 Å². The maximum atomic E-state index is 12.6. The third kappa shape index (κ3) is 3.73. The van der Waals surface area contributed by atoms with E-state index in [1.165, 1.54) is 30.4 Å². The molecule has 0 saturated carbocycles. The fourth-order valence-electron chi connectivity index (χ4n) is 3.76. The van der Waals surface area contributed by atoms with Gasteiger partial charge in [-0.15, -0.1) is 0 Å². The zero-order valence-corrected chi connectivity index (χ0v) is 14.6. The average molecular weight is 348 g/mol. The van der Waals surface area contributed by atoms with E-state index < -0.39 is 0 Å². The fraction of sp³-hybridized carbons (Fsp3) is 0.348. The van der Waals surface area contributed by atoms with Crippen molar-refractivity contribution in [1.29, 1.82) is 0 Å². The molecule has 1 unspecified atom stereocenters. The average Bonchev–Trinajstić information content (AvgIpc) is 2.64. The van der Waals surface area contributed by atoms with Crippen molar-refractivity contribution in [3.8, 4) is 11.3 Å². The molecule has 0 radical (unpaired) electrons. The SMILES string of the molecule is C.Cc1ccc(-c2cc(=O)c3cccc(CC4CCCCN4)c3[nH]2)cc1. The Morgan fingerprint density at radius 2 is 1.88 bits per heavy atom. The Kier molecular flexibility index (Phi) is 5.58. The Balaban J connectivity index is 0.00000196. The van der Waals surface area contributed by atoms with Crippen molar-refractivity contribution in [2.45, 2.75) is 46.1 Å². The Morgan fingerprint density at radius 3 is 2.62 bits per heavy atom. The quantitative estimate of drug-likeness (QED) is 0.712. The number of pyridine rings is 1. The molecule has 136 valence electrons. The van der Waals surface area contributed by atoms with Crippen LogP contribution < -0.4 is 10.7 Å². The van der Waals surface area contributed by atoms with E-state index in [4.69, 9.17) is 0 Å². The number of fused-ring (bicyclic) bond motifs is 1. The topological polar surface area (TPSA) is 44.9 Å². The van der Waals surface area contributed by atoms with E-state index in [0.717, 1.165) is 35.1 Å². The number of benzene rings is 2. The molecule has 1 aliphatic rings. The second-order valence-corrected chi connectivity index (χ2v) is 7.10. The molecular formula is C23H28N2O. The summed E-state index contributed by atoms with van der Waals surface area (Å²) < 4.78 is 0. The summed E-state index contributed by atoms with van der Waals surface area (Å²) in [6.07, 6.45) is 4.72. The van der Waals surface area contributed by atoms with Crippen LogP contribution in [0.2, 0.25) is 0 Å². The van der Waals surface area contributed by atoms with Gasteiger partial charge in [0.2, 0.25) is 0 Å². The van der Waals surface area contributed by atoms with Crippen LogP contribution in [0.15, 0.2) is 53.3 Å². The van der Waals surface area contributed by atoms with Crippen molar-refractivity contribution in [1.82, 2.24) is 10.3 Å². The Labute approximate surface area is 155 Å². The molecule has 1 atom stereocenters. The molecule has 3 aromatic rings. The minimum absolute atomic E-state index is 0. The van der Waals surface area contributed by atoms with Gasteiger partial charge in [0.05, 0.1) is 5.52 Å². The first-order valence-electron chi connectivity index (χ1n) is 9.16. The van der Waals surface area contributed by atoms with E-state index in [0.29, 0.717) is 6.04 Å². The van der Waals surface area contributed by atoms with Crippen molar-refractivity contribution in [3.05, 3.63) is 69.9 Å². The molecule has 3 heteroatoms. The number of hydrogen-bond donors (Lipinski definition) is 2. The van der Waals surface area contributed by atoms with E-state index in [1.54, 1.807) is 6.07 Å². The van der Waals surface area contributed by atoms with Crippen LogP contribution in [-0.2, 0) is 6.42 Å². The molecule has 3 nitrogen and oxygen atoms in total. The molecule has 0 spiro atoms. The zero-order chi connectivity index (χ0) is 17.2. The van der Waals surface area contributed by atoms with Crippen LogP contribution in [0.1, 0.15) is 37.8 Å². The lowest BCUT2D eigenvalue weighted by molar-refractivity contribution is 0.400. The first-order chi connectivity index (χ1) is 12.2. The van der Waals surface area contributed by atoms with Gasteiger partial charge in [0.25, 0.3) is 0 Å². The highest BCUT2D eigenvalue weighted by atomic mass is 16.1. The second kappa shape index (κ2) is 7.88. The number of para-hydroxylation sites is 1. The van der Waals surface area contributed by atoms with E-state index in [2.05, 4.69) is 47.6 Å². The van der Waals surface area contributed by atoms with Crippen molar-refractivity contribution in [2.24, 2.45) is 0 Å². The Bertz CT molecular complexity index is 935. The van der Waals surface area contributed by atoms with Crippen LogP contribution in [0.25, 0.3) is 22.2 Å². The first kappa shape index (κ1) is 18.4. The predicted octanol–water partition coefficient (Wildman–Crippen LogP) is 4.82. The molecule has 0 aliphatic carbocycles. The van der Waals surface area contributed by atoms with Crippen LogP contribution in [0.4, 0.5) is 0 Å². The number of nitrogens with one attached hydrogen (secondary N) is 2. The van der Waals surface area contributed by atoms with Crippen LogP contribution in [0.5, 0.6) is 0 Å². The van der Waals surface area contributed by atoms with Gasteiger partial charge in [0.1, 0.15) is 0 Å². The summed E-state index contributed by atoms with van der Waals surface area (Å²) in [7, 11) is 0. The molecule has 2 N–H and O–H groups in total. The fourth-order valence-corrected chi connectivity index (χ4v) is 3.76. The molecular weight excluding hydrogens is 320 g/mol. The van der Waals surface area contributed by atoms with Crippen LogP contribution in [0, 0.1) is 6.92 Å². The van der Waals surface area contributed by atoms with Gasteiger partial charge < -0.3 is 10.3 Å². The van der Waals surface area contributed by atoms with Crippen molar-refractivity contribution < 1.29 is 0 Å². The van der Waals surface area contributed by atoms with Crippen LogP contribution in [0.3, 0.4) is 0 Å². The van der Waals surface area contributed by atoms with Crippen molar-refractivity contribution >= 4 is 10.9 Å². The number of aromatic amines is 1. The lowest BCUT2D eigenvalue weighted by Gasteiger charge is -2.24. The molecule has 2 heterocycles. The summed E-state index contributed by atoms with van der Waals surface area (Å²) >= 11 is 0. The lowest BCUT2D eigenvalue weighted by Crippen LogP contribution is -2.35. The highest BCUT2D eigenvalue weighted by Gasteiger charge is 2.15. The summed E-state index contributed by atoms with van der Waals surface area (Å²) in [6.45, 7) is 3.17.